The molecule has 152 valence electrons. The molecule has 4 aromatic heterocycles. The van der Waals surface area contributed by atoms with E-state index in [0.29, 0.717) is 11.5 Å². The molecule has 0 amide bonds. The molecule has 5 rings (SSSR count). The van der Waals surface area contributed by atoms with Crippen molar-refractivity contribution in [3.63, 3.8) is 0 Å². The van der Waals surface area contributed by atoms with Crippen LogP contribution in [0.2, 0.25) is 0 Å². The zero-order valence-corrected chi connectivity index (χ0v) is 17.5. The minimum absolute atomic E-state index is 0.669. The molecule has 0 radical (unpaired) electrons. The molecule has 4 heterocycles. The molecule has 31 heavy (non-hydrogen) atoms. The Balaban J connectivity index is 1.64. The topological polar surface area (TPSA) is 83.1 Å². The second-order valence-electron chi connectivity index (χ2n) is 7.47. The van der Waals surface area contributed by atoms with Crippen LogP contribution in [0.25, 0.3) is 44.7 Å². The van der Waals surface area contributed by atoms with Crippen molar-refractivity contribution in [2.45, 2.75) is 20.3 Å². The van der Waals surface area contributed by atoms with Gasteiger partial charge in [0.05, 0.1) is 28.4 Å². The van der Waals surface area contributed by atoms with E-state index >= 15 is 0 Å². The third kappa shape index (κ3) is 3.32. The number of imidazole rings is 1. The van der Waals surface area contributed by atoms with E-state index in [4.69, 9.17) is 9.97 Å². The summed E-state index contributed by atoms with van der Waals surface area (Å²) in [7, 11) is 0. The van der Waals surface area contributed by atoms with Crippen LogP contribution in [-0.2, 0) is 0 Å². The monoisotopic (exact) mass is 406 g/mol. The van der Waals surface area contributed by atoms with Crippen molar-refractivity contribution in [2.24, 2.45) is 0 Å². The summed E-state index contributed by atoms with van der Waals surface area (Å²) >= 11 is 0. The summed E-state index contributed by atoms with van der Waals surface area (Å²) in [5.41, 5.74) is 9.22. The first-order chi connectivity index (χ1) is 15.2. The molecule has 1 aliphatic rings. The van der Waals surface area contributed by atoms with Gasteiger partial charge in [-0.15, -0.1) is 0 Å². The lowest BCUT2D eigenvalue weighted by Gasteiger charge is -2.03. The summed E-state index contributed by atoms with van der Waals surface area (Å²) in [6, 6.07) is 3.99. The number of fused-ring (bicyclic) bond motifs is 2. The van der Waals surface area contributed by atoms with Crippen LogP contribution in [0.4, 0.5) is 0 Å². The molecule has 0 fully saturated rings. The van der Waals surface area contributed by atoms with E-state index < -0.39 is 0 Å². The van der Waals surface area contributed by atoms with Gasteiger partial charge >= 0.3 is 0 Å². The van der Waals surface area contributed by atoms with Gasteiger partial charge in [0.1, 0.15) is 5.52 Å². The Morgan fingerprint density at radius 1 is 1.13 bits per heavy atom. The van der Waals surface area contributed by atoms with Gasteiger partial charge in [-0.3, -0.25) is 10.1 Å². The van der Waals surface area contributed by atoms with Crippen LogP contribution in [0.15, 0.2) is 73.1 Å². The summed E-state index contributed by atoms with van der Waals surface area (Å²) in [5.74, 6) is 0.669. The zero-order valence-electron chi connectivity index (χ0n) is 17.5. The van der Waals surface area contributed by atoms with Crippen molar-refractivity contribution in [2.75, 3.05) is 0 Å². The fraction of sp³-hybridized carbons (Fsp3) is 0.120. The first-order valence-corrected chi connectivity index (χ1v) is 10.2. The Hall–Kier alpha value is -4.06. The molecule has 1 aliphatic carbocycles. The second-order valence-corrected chi connectivity index (χ2v) is 7.47. The standard InChI is InChI=1S/C25H22N6/c1-4-15(3)12-16(5-2)19-10-11-20-23(27-19)24(31-30-20)25-28-21-14-26-13-18(22(21)29-25)17-8-6-7-9-17/h4-6,8-14H,1,7H2,2-3H3,(H,28,29)(H,30,31)/b15-12-,16-5+. The highest BCUT2D eigenvalue weighted by Crippen LogP contribution is 2.31. The Labute approximate surface area is 179 Å². The zero-order chi connectivity index (χ0) is 21.4. The number of allylic oxidation sites excluding steroid dienone is 9. The van der Waals surface area contributed by atoms with Crippen LogP contribution in [0.1, 0.15) is 31.5 Å². The van der Waals surface area contributed by atoms with Gasteiger partial charge in [-0.1, -0.05) is 48.6 Å². The van der Waals surface area contributed by atoms with Crippen LogP contribution < -0.4 is 0 Å². The molecule has 0 unspecified atom stereocenters. The highest BCUT2D eigenvalue weighted by Gasteiger charge is 2.17. The maximum absolute atomic E-state index is 4.90. The maximum Gasteiger partial charge on any atom is 0.161 e. The molecule has 6 nitrogen and oxygen atoms in total. The summed E-state index contributed by atoms with van der Waals surface area (Å²) in [5, 5.41) is 7.59. The molecule has 6 heteroatoms. The Morgan fingerprint density at radius 3 is 2.81 bits per heavy atom. The minimum Gasteiger partial charge on any atom is -0.335 e. The van der Waals surface area contributed by atoms with Crippen molar-refractivity contribution < 1.29 is 0 Å². The van der Waals surface area contributed by atoms with Gasteiger partial charge in [-0.2, -0.15) is 5.10 Å². The average molecular weight is 406 g/mol. The van der Waals surface area contributed by atoms with Crippen molar-refractivity contribution in [3.8, 4) is 11.5 Å². The van der Waals surface area contributed by atoms with Crippen molar-refractivity contribution in [1.82, 2.24) is 30.1 Å². The molecule has 0 spiro atoms. The van der Waals surface area contributed by atoms with Crippen molar-refractivity contribution in [3.05, 3.63) is 84.4 Å². The van der Waals surface area contributed by atoms with Gasteiger partial charge in [0.25, 0.3) is 0 Å². The quantitative estimate of drug-likeness (QED) is 0.412. The number of nitrogens with zero attached hydrogens (tertiary/aromatic N) is 4. The van der Waals surface area contributed by atoms with Crippen LogP contribution in [0, 0.1) is 0 Å². The Kier molecular flexibility index (Phi) is 4.67. The summed E-state index contributed by atoms with van der Waals surface area (Å²) in [4.78, 5) is 17.5. The third-order valence-corrected chi connectivity index (χ3v) is 5.42. The molecule has 0 aromatic carbocycles. The van der Waals surface area contributed by atoms with Crippen LogP contribution in [0.3, 0.4) is 0 Å². The smallest absolute Gasteiger partial charge is 0.161 e. The molecular weight excluding hydrogens is 384 g/mol. The SMILES string of the molecule is C=C/C(C)=C\C(=C/C)c1ccc2[nH]nc(-c3nc4c(C5=CCC=C5)cncc4[nH]3)c2n1. The van der Waals surface area contributed by atoms with Gasteiger partial charge < -0.3 is 4.98 Å². The number of aromatic amines is 2. The predicted molar refractivity (Wildman–Crippen MR) is 126 cm³/mol. The summed E-state index contributed by atoms with van der Waals surface area (Å²) < 4.78 is 0. The fourth-order valence-electron chi connectivity index (χ4n) is 3.75. The van der Waals surface area contributed by atoms with E-state index in [0.717, 1.165) is 56.5 Å². The Bertz CT molecular complexity index is 1440. The van der Waals surface area contributed by atoms with Crippen LogP contribution in [-0.4, -0.2) is 30.1 Å². The van der Waals surface area contributed by atoms with E-state index in [-0.39, 0.29) is 0 Å². The number of nitrogens with one attached hydrogen (secondary N) is 2. The fourth-order valence-corrected chi connectivity index (χ4v) is 3.75. The minimum atomic E-state index is 0.669. The van der Waals surface area contributed by atoms with Crippen molar-refractivity contribution in [1.29, 1.82) is 0 Å². The molecule has 4 aromatic rings. The van der Waals surface area contributed by atoms with Crippen LogP contribution in [0.5, 0.6) is 0 Å². The lowest BCUT2D eigenvalue weighted by Crippen LogP contribution is -1.90. The highest BCUT2D eigenvalue weighted by molar-refractivity contribution is 5.96. The van der Waals surface area contributed by atoms with E-state index in [9.17, 15) is 0 Å². The number of H-pyrrole nitrogens is 2. The maximum atomic E-state index is 4.90. The average Bonchev–Trinajstić information content (AvgIpc) is 3.55. The number of hydrogen-bond donors (Lipinski definition) is 2. The lowest BCUT2D eigenvalue weighted by molar-refractivity contribution is 1.10. The van der Waals surface area contributed by atoms with Crippen molar-refractivity contribution >= 4 is 33.2 Å². The molecular formula is C25H22N6. The van der Waals surface area contributed by atoms with E-state index in [1.165, 1.54) is 0 Å². The number of hydrogen-bond acceptors (Lipinski definition) is 4. The Morgan fingerprint density at radius 2 is 2.03 bits per heavy atom. The first-order valence-electron chi connectivity index (χ1n) is 10.2. The predicted octanol–water partition coefficient (Wildman–Crippen LogP) is 5.78. The summed E-state index contributed by atoms with van der Waals surface area (Å²) in [6.45, 7) is 7.86. The molecule has 0 saturated carbocycles. The molecule has 0 saturated heterocycles. The highest BCUT2D eigenvalue weighted by atomic mass is 15.1. The molecule has 0 bridgehead atoms. The second kappa shape index (κ2) is 7.65. The third-order valence-electron chi connectivity index (χ3n) is 5.42. The van der Waals surface area contributed by atoms with E-state index in [1.54, 1.807) is 6.20 Å². The first kappa shape index (κ1) is 18.9. The van der Waals surface area contributed by atoms with Crippen LogP contribution >= 0.6 is 0 Å². The number of pyridine rings is 2. The van der Waals surface area contributed by atoms with Gasteiger partial charge in [0.15, 0.2) is 11.5 Å². The molecule has 2 N–H and O–H groups in total. The van der Waals surface area contributed by atoms with E-state index in [1.807, 2.05) is 44.3 Å². The normalized spacial score (nSPS) is 14.6. The molecule has 0 aliphatic heterocycles. The van der Waals surface area contributed by atoms with Gasteiger partial charge in [0.2, 0.25) is 0 Å². The van der Waals surface area contributed by atoms with Gasteiger partial charge in [-0.25, -0.2) is 9.97 Å². The lowest BCUT2D eigenvalue weighted by atomic mass is 10.1. The largest absolute Gasteiger partial charge is 0.335 e. The number of rotatable bonds is 5. The van der Waals surface area contributed by atoms with Gasteiger partial charge in [0, 0.05) is 11.8 Å². The summed E-state index contributed by atoms with van der Waals surface area (Å²) in [6.07, 6.45) is 17.0. The molecule has 0 atom stereocenters. The van der Waals surface area contributed by atoms with E-state index in [2.05, 4.69) is 51.0 Å². The number of aromatic nitrogens is 6. The van der Waals surface area contributed by atoms with Gasteiger partial charge in [-0.05, 0) is 43.5 Å².